The molecule has 184 valence electrons. The summed E-state index contributed by atoms with van der Waals surface area (Å²) in [5.41, 5.74) is 4.60. The molecule has 1 aliphatic heterocycles. The summed E-state index contributed by atoms with van der Waals surface area (Å²) in [6, 6.07) is -0.872. The fraction of sp³-hybridized carbons (Fsp3) is 0.680. The SMILES string of the molecule is COC(=O)[C@H](Cc1c(C)c(C)c(B2OC(C)(C)C(C)(C)O2)c(C)c1C)NC(=O)OC(C)(C)C. The van der Waals surface area contributed by atoms with Crippen LogP contribution in [0.25, 0.3) is 0 Å². The van der Waals surface area contributed by atoms with Crippen LogP contribution in [0.3, 0.4) is 0 Å². The van der Waals surface area contributed by atoms with Crippen molar-refractivity contribution in [3.8, 4) is 0 Å². The molecule has 0 aliphatic carbocycles. The van der Waals surface area contributed by atoms with Gasteiger partial charge in [-0.2, -0.15) is 0 Å². The lowest BCUT2D eigenvalue weighted by Gasteiger charge is -2.32. The van der Waals surface area contributed by atoms with Gasteiger partial charge in [0.25, 0.3) is 0 Å². The third kappa shape index (κ3) is 5.72. The fourth-order valence-electron chi connectivity index (χ4n) is 4.03. The van der Waals surface area contributed by atoms with Crippen LogP contribution in [0.4, 0.5) is 4.79 Å². The van der Waals surface area contributed by atoms with Crippen LogP contribution in [0.2, 0.25) is 0 Å². The maximum atomic E-state index is 12.5. The van der Waals surface area contributed by atoms with E-state index in [1.54, 1.807) is 20.8 Å². The highest BCUT2D eigenvalue weighted by molar-refractivity contribution is 6.63. The number of nitrogens with one attached hydrogen (secondary N) is 1. The molecule has 7 nitrogen and oxygen atoms in total. The third-order valence-corrected chi connectivity index (χ3v) is 6.91. The second kappa shape index (κ2) is 9.30. The van der Waals surface area contributed by atoms with E-state index in [4.69, 9.17) is 18.8 Å². The van der Waals surface area contributed by atoms with Crippen LogP contribution in [-0.4, -0.2) is 49.1 Å². The van der Waals surface area contributed by atoms with Crippen LogP contribution in [-0.2, 0) is 30.0 Å². The van der Waals surface area contributed by atoms with E-state index in [1.165, 1.54) is 7.11 Å². The number of alkyl carbamates (subject to hydrolysis) is 1. The lowest BCUT2D eigenvalue weighted by atomic mass is 9.69. The minimum atomic E-state index is -0.872. The molecule has 1 heterocycles. The first-order valence-corrected chi connectivity index (χ1v) is 11.4. The molecule has 0 aromatic heterocycles. The Labute approximate surface area is 199 Å². The van der Waals surface area contributed by atoms with Crippen molar-refractivity contribution in [2.45, 2.75) is 105 Å². The zero-order valence-electron chi connectivity index (χ0n) is 22.3. The molecule has 1 amide bonds. The molecule has 1 aliphatic rings. The highest BCUT2D eigenvalue weighted by atomic mass is 16.7. The quantitative estimate of drug-likeness (QED) is 0.530. The first-order valence-electron chi connectivity index (χ1n) is 11.4. The van der Waals surface area contributed by atoms with Crippen LogP contribution in [0, 0.1) is 27.7 Å². The second-order valence-electron chi connectivity index (χ2n) is 10.9. The number of hydrogen-bond acceptors (Lipinski definition) is 6. The topological polar surface area (TPSA) is 83.1 Å². The van der Waals surface area contributed by atoms with Gasteiger partial charge in [-0.1, -0.05) is 0 Å². The molecule has 0 radical (unpaired) electrons. The first kappa shape index (κ1) is 27.2. The number of carbonyl (C=O) groups is 2. The van der Waals surface area contributed by atoms with Crippen LogP contribution in [0.5, 0.6) is 0 Å². The number of amides is 1. The number of hydrogen-bond donors (Lipinski definition) is 1. The van der Waals surface area contributed by atoms with Gasteiger partial charge in [0.05, 0.1) is 18.3 Å². The molecule has 1 saturated heterocycles. The number of carbonyl (C=O) groups excluding carboxylic acids is 2. The smallest absolute Gasteiger partial charge is 0.467 e. The zero-order chi connectivity index (χ0) is 25.5. The van der Waals surface area contributed by atoms with Gasteiger partial charge in [-0.05, 0) is 109 Å². The van der Waals surface area contributed by atoms with Crippen molar-refractivity contribution < 1.29 is 28.4 Å². The molecule has 1 fully saturated rings. The molecule has 2 rings (SSSR count). The Hall–Kier alpha value is -2.06. The monoisotopic (exact) mass is 461 g/mol. The van der Waals surface area contributed by atoms with E-state index in [0.717, 1.165) is 33.3 Å². The molecule has 8 heteroatoms. The van der Waals surface area contributed by atoms with E-state index in [2.05, 4.69) is 5.32 Å². The summed E-state index contributed by atoms with van der Waals surface area (Å²) >= 11 is 0. The number of methoxy groups -OCH3 is 1. The molecule has 1 atom stereocenters. The van der Waals surface area contributed by atoms with E-state index < -0.39 is 42.0 Å². The maximum Gasteiger partial charge on any atom is 0.495 e. The summed E-state index contributed by atoms with van der Waals surface area (Å²) in [7, 11) is 0.835. The Morgan fingerprint density at radius 3 is 1.79 bits per heavy atom. The lowest BCUT2D eigenvalue weighted by Crippen LogP contribution is -2.46. The molecule has 1 N–H and O–H groups in total. The molecular weight excluding hydrogens is 421 g/mol. The number of esters is 1. The van der Waals surface area contributed by atoms with E-state index >= 15 is 0 Å². The zero-order valence-corrected chi connectivity index (χ0v) is 22.3. The number of ether oxygens (including phenoxy) is 2. The van der Waals surface area contributed by atoms with Crippen molar-refractivity contribution >= 4 is 24.6 Å². The average molecular weight is 461 g/mol. The van der Waals surface area contributed by atoms with Crippen LogP contribution < -0.4 is 10.8 Å². The molecular formula is C25H40BNO6. The van der Waals surface area contributed by atoms with Gasteiger partial charge in [-0.15, -0.1) is 0 Å². The molecule has 1 aromatic rings. The molecule has 0 bridgehead atoms. The van der Waals surface area contributed by atoms with Gasteiger partial charge in [-0.3, -0.25) is 0 Å². The molecule has 0 unspecified atom stereocenters. The van der Waals surface area contributed by atoms with E-state index in [0.29, 0.717) is 0 Å². The average Bonchev–Trinajstić information content (AvgIpc) is 2.87. The second-order valence-corrected chi connectivity index (χ2v) is 10.9. The van der Waals surface area contributed by atoms with E-state index in [-0.39, 0.29) is 6.42 Å². The van der Waals surface area contributed by atoms with Crippen molar-refractivity contribution in [3.05, 3.63) is 27.8 Å². The van der Waals surface area contributed by atoms with Gasteiger partial charge < -0.3 is 24.1 Å². The van der Waals surface area contributed by atoms with Crippen molar-refractivity contribution in [2.24, 2.45) is 0 Å². The summed E-state index contributed by atoms with van der Waals surface area (Å²) in [6.07, 6.45) is -0.370. The predicted octanol–water partition coefficient (Wildman–Crippen LogP) is 3.83. The minimum Gasteiger partial charge on any atom is -0.467 e. The van der Waals surface area contributed by atoms with Crippen LogP contribution in [0.1, 0.15) is 76.3 Å². The minimum absolute atomic E-state index is 0.287. The van der Waals surface area contributed by atoms with Crippen molar-refractivity contribution in [2.75, 3.05) is 7.11 Å². The number of rotatable bonds is 5. The Morgan fingerprint density at radius 1 is 0.939 bits per heavy atom. The van der Waals surface area contributed by atoms with Crippen molar-refractivity contribution in [1.82, 2.24) is 5.32 Å². The molecule has 33 heavy (non-hydrogen) atoms. The summed E-state index contributed by atoms with van der Waals surface area (Å²) < 4.78 is 23.0. The summed E-state index contributed by atoms with van der Waals surface area (Å²) in [4.78, 5) is 24.9. The van der Waals surface area contributed by atoms with Gasteiger partial charge in [0.15, 0.2) is 0 Å². The number of benzene rings is 1. The standard InChI is InChI=1S/C25H40BNO6/c1-14-16(3)20(26-32-24(8,9)25(10,11)33-26)17(4)15(2)18(14)13-19(21(28)30-12)27-22(29)31-23(5,6)7/h19H,13H2,1-12H3,(H,27,29)/t19-/m0/s1. The van der Waals surface area contributed by atoms with Gasteiger partial charge in [0.1, 0.15) is 11.6 Å². The maximum absolute atomic E-state index is 12.5. The Morgan fingerprint density at radius 2 is 1.39 bits per heavy atom. The highest BCUT2D eigenvalue weighted by Gasteiger charge is 2.52. The fourth-order valence-corrected chi connectivity index (χ4v) is 4.03. The van der Waals surface area contributed by atoms with Gasteiger partial charge in [0, 0.05) is 6.42 Å². The Balaban J connectivity index is 2.43. The van der Waals surface area contributed by atoms with Gasteiger partial charge >= 0.3 is 19.2 Å². The summed E-state index contributed by atoms with van der Waals surface area (Å²) in [5, 5.41) is 2.67. The van der Waals surface area contributed by atoms with Gasteiger partial charge in [-0.25, -0.2) is 9.59 Å². The normalized spacial score (nSPS) is 18.1. The van der Waals surface area contributed by atoms with Crippen LogP contribution in [0.15, 0.2) is 0 Å². The Kier molecular flexibility index (Phi) is 7.66. The highest BCUT2D eigenvalue weighted by Crippen LogP contribution is 2.37. The predicted molar refractivity (Wildman–Crippen MR) is 130 cm³/mol. The molecule has 0 saturated carbocycles. The molecule has 1 aromatic carbocycles. The van der Waals surface area contributed by atoms with E-state index in [9.17, 15) is 9.59 Å². The van der Waals surface area contributed by atoms with Gasteiger partial charge in [0.2, 0.25) is 0 Å². The molecule has 0 spiro atoms. The third-order valence-electron chi connectivity index (χ3n) is 6.91. The van der Waals surface area contributed by atoms with Crippen molar-refractivity contribution in [1.29, 1.82) is 0 Å². The van der Waals surface area contributed by atoms with Crippen molar-refractivity contribution in [3.63, 3.8) is 0 Å². The summed E-state index contributed by atoms with van der Waals surface area (Å²) in [5.74, 6) is -0.523. The van der Waals surface area contributed by atoms with E-state index in [1.807, 2.05) is 55.4 Å². The summed E-state index contributed by atoms with van der Waals surface area (Å²) in [6.45, 7) is 21.6. The Bertz CT molecular complexity index is 887. The first-order chi connectivity index (χ1) is 14.9. The largest absolute Gasteiger partial charge is 0.495 e. The lowest BCUT2D eigenvalue weighted by molar-refractivity contribution is -0.143. The van der Waals surface area contributed by atoms with Crippen LogP contribution >= 0.6 is 0 Å².